The van der Waals surface area contributed by atoms with Crippen LogP contribution in [0.4, 0.5) is 11.4 Å². The smallest absolute Gasteiger partial charge is 0.270 e. The number of rotatable bonds is 5. The molecule has 1 aromatic rings. The Morgan fingerprint density at radius 2 is 2.10 bits per heavy atom. The minimum Gasteiger partial charge on any atom is -0.398 e. The number of hydrogen-bond acceptors (Lipinski definition) is 6. The molecule has 0 fully saturated rings. The number of nitrogens with one attached hydrogen (secondary N) is 1. The molecule has 2 atom stereocenters. The van der Waals surface area contributed by atoms with E-state index in [0.29, 0.717) is 5.56 Å². The molecule has 110 valence electrons. The Bertz CT molecular complexity index is 532. The second-order valence-electron chi connectivity index (χ2n) is 4.47. The predicted octanol–water partition coefficient (Wildman–Crippen LogP) is 0.0158. The lowest BCUT2D eigenvalue weighted by molar-refractivity contribution is -0.385. The first kappa shape index (κ1) is 15.9. The second kappa shape index (κ2) is 6.31. The monoisotopic (exact) mass is 283 g/mol. The molecular formula is C12H17N3O5. The molecule has 0 heterocycles. The molecule has 0 radical (unpaired) electrons. The van der Waals surface area contributed by atoms with Crippen LogP contribution in [0.5, 0.6) is 0 Å². The van der Waals surface area contributed by atoms with Crippen molar-refractivity contribution < 1.29 is 19.9 Å². The van der Waals surface area contributed by atoms with Crippen molar-refractivity contribution in [2.45, 2.75) is 26.1 Å². The summed E-state index contributed by atoms with van der Waals surface area (Å²) in [6.45, 7) is 2.65. The first-order valence-electron chi connectivity index (χ1n) is 5.89. The Labute approximate surface area is 115 Å². The number of amides is 1. The van der Waals surface area contributed by atoms with E-state index in [-0.39, 0.29) is 29.4 Å². The summed E-state index contributed by atoms with van der Waals surface area (Å²) in [5.74, 6) is -0.362. The highest BCUT2D eigenvalue weighted by molar-refractivity contribution is 5.72. The van der Waals surface area contributed by atoms with Crippen LogP contribution in [0.1, 0.15) is 24.2 Å². The number of nitrogens with zero attached hydrogens (tertiary/aromatic N) is 1. The minimum absolute atomic E-state index is 0.0644. The van der Waals surface area contributed by atoms with Gasteiger partial charge in [-0.2, -0.15) is 0 Å². The van der Waals surface area contributed by atoms with Gasteiger partial charge in [-0.25, -0.2) is 0 Å². The normalized spacial score (nSPS) is 13.6. The highest BCUT2D eigenvalue weighted by Crippen LogP contribution is 2.30. The Morgan fingerprint density at radius 1 is 1.50 bits per heavy atom. The van der Waals surface area contributed by atoms with Gasteiger partial charge in [0.05, 0.1) is 4.92 Å². The van der Waals surface area contributed by atoms with Gasteiger partial charge in [0.25, 0.3) is 5.69 Å². The molecule has 0 saturated carbocycles. The third-order valence-corrected chi connectivity index (χ3v) is 2.86. The number of aliphatic hydroxyl groups is 2. The molecule has 1 amide bonds. The van der Waals surface area contributed by atoms with E-state index in [1.54, 1.807) is 6.92 Å². The number of aryl methyl sites for hydroxylation is 1. The van der Waals surface area contributed by atoms with Crippen LogP contribution in [0, 0.1) is 17.0 Å². The van der Waals surface area contributed by atoms with Crippen LogP contribution >= 0.6 is 0 Å². The van der Waals surface area contributed by atoms with Crippen LogP contribution in [-0.2, 0) is 4.79 Å². The Kier molecular flexibility index (Phi) is 5.00. The summed E-state index contributed by atoms with van der Waals surface area (Å²) < 4.78 is 0. The zero-order valence-electron chi connectivity index (χ0n) is 11.2. The third-order valence-electron chi connectivity index (χ3n) is 2.86. The number of carbonyl (C=O) groups is 1. The van der Waals surface area contributed by atoms with E-state index < -0.39 is 17.1 Å². The SMILES string of the molecule is CC(=O)NCC(O)C(O)c1cc([N+](=O)[O-])cc(C)c1N. The predicted molar refractivity (Wildman–Crippen MR) is 71.9 cm³/mol. The number of nitrogens with two attached hydrogens (primary N) is 1. The summed E-state index contributed by atoms with van der Waals surface area (Å²) >= 11 is 0. The number of non-ortho nitro benzene ring substituents is 1. The number of carbonyl (C=O) groups excluding carboxylic acids is 1. The summed E-state index contributed by atoms with van der Waals surface area (Å²) in [6.07, 6.45) is -2.75. The largest absolute Gasteiger partial charge is 0.398 e. The molecule has 20 heavy (non-hydrogen) atoms. The Hall–Kier alpha value is -2.19. The maximum atomic E-state index is 10.8. The molecule has 0 aliphatic heterocycles. The van der Waals surface area contributed by atoms with Gasteiger partial charge in [0.2, 0.25) is 5.91 Å². The standard InChI is InChI=1S/C12H17N3O5/c1-6-3-8(15(19)20)4-9(11(6)13)12(18)10(17)5-14-7(2)16/h3-4,10,12,17-18H,5,13H2,1-2H3,(H,14,16). The molecule has 0 spiro atoms. The van der Waals surface area contributed by atoms with Crippen molar-refractivity contribution in [1.29, 1.82) is 0 Å². The molecule has 1 aromatic carbocycles. The fourth-order valence-electron chi connectivity index (χ4n) is 1.72. The number of benzene rings is 1. The lowest BCUT2D eigenvalue weighted by atomic mass is 9.98. The first-order valence-corrected chi connectivity index (χ1v) is 5.89. The van der Waals surface area contributed by atoms with E-state index in [1.165, 1.54) is 13.0 Å². The van der Waals surface area contributed by atoms with Crippen molar-refractivity contribution in [3.63, 3.8) is 0 Å². The molecule has 1 rings (SSSR count). The van der Waals surface area contributed by atoms with E-state index in [9.17, 15) is 25.1 Å². The Balaban J connectivity index is 3.05. The van der Waals surface area contributed by atoms with Gasteiger partial charge < -0.3 is 21.3 Å². The van der Waals surface area contributed by atoms with Crippen LogP contribution in [0.25, 0.3) is 0 Å². The number of nitrogen functional groups attached to an aromatic ring is 1. The van der Waals surface area contributed by atoms with Gasteiger partial charge in [0, 0.05) is 36.9 Å². The molecular weight excluding hydrogens is 266 g/mol. The van der Waals surface area contributed by atoms with Crippen LogP contribution in [0.2, 0.25) is 0 Å². The van der Waals surface area contributed by atoms with Crippen LogP contribution < -0.4 is 11.1 Å². The molecule has 2 unspecified atom stereocenters. The molecule has 0 aromatic heterocycles. The van der Waals surface area contributed by atoms with Crippen molar-refractivity contribution in [2.75, 3.05) is 12.3 Å². The molecule has 0 aliphatic carbocycles. The quantitative estimate of drug-likeness (QED) is 0.341. The van der Waals surface area contributed by atoms with Crippen molar-refractivity contribution in [3.05, 3.63) is 33.4 Å². The molecule has 8 heteroatoms. The van der Waals surface area contributed by atoms with E-state index in [2.05, 4.69) is 5.32 Å². The van der Waals surface area contributed by atoms with Crippen molar-refractivity contribution in [1.82, 2.24) is 5.32 Å². The van der Waals surface area contributed by atoms with E-state index in [4.69, 9.17) is 5.73 Å². The van der Waals surface area contributed by atoms with Crippen molar-refractivity contribution in [2.24, 2.45) is 0 Å². The molecule has 0 bridgehead atoms. The van der Waals surface area contributed by atoms with Gasteiger partial charge in [0.1, 0.15) is 12.2 Å². The van der Waals surface area contributed by atoms with Gasteiger partial charge in [-0.05, 0) is 12.5 Å². The van der Waals surface area contributed by atoms with Gasteiger partial charge in [0.15, 0.2) is 0 Å². The van der Waals surface area contributed by atoms with Crippen LogP contribution in [0.15, 0.2) is 12.1 Å². The third kappa shape index (κ3) is 3.65. The highest BCUT2D eigenvalue weighted by atomic mass is 16.6. The number of nitro groups is 1. The van der Waals surface area contributed by atoms with Crippen molar-refractivity contribution in [3.8, 4) is 0 Å². The number of anilines is 1. The van der Waals surface area contributed by atoms with Crippen molar-refractivity contribution >= 4 is 17.3 Å². The summed E-state index contributed by atoms with van der Waals surface area (Å²) in [7, 11) is 0. The molecule has 0 aliphatic rings. The summed E-state index contributed by atoms with van der Waals surface area (Å²) in [6, 6.07) is 2.40. The van der Waals surface area contributed by atoms with E-state index in [0.717, 1.165) is 6.07 Å². The Morgan fingerprint density at radius 3 is 2.60 bits per heavy atom. The fourth-order valence-corrected chi connectivity index (χ4v) is 1.72. The topological polar surface area (TPSA) is 139 Å². The average Bonchev–Trinajstić information content (AvgIpc) is 2.37. The summed E-state index contributed by atoms with van der Waals surface area (Å²) in [5.41, 5.74) is 6.21. The van der Waals surface area contributed by atoms with Crippen LogP contribution in [0.3, 0.4) is 0 Å². The highest BCUT2D eigenvalue weighted by Gasteiger charge is 2.24. The minimum atomic E-state index is -1.43. The zero-order chi connectivity index (χ0) is 15.4. The number of hydrogen-bond donors (Lipinski definition) is 4. The number of nitro benzene ring substituents is 1. The van der Waals surface area contributed by atoms with Gasteiger partial charge >= 0.3 is 0 Å². The molecule has 5 N–H and O–H groups in total. The van der Waals surface area contributed by atoms with E-state index in [1.807, 2.05) is 0 Å². The zero-order valence-corrected chi connectivity index (χ0v) is 11.2. The summed E-state index contributed by atoms with van der Waals surface area (Å²) in [5, 5.41) is 32.9. The average molecular weight is 283 g/mol. The fraction of sp³-hybridized carbons (Fsp3) is 0.417. The lowest BCUT2D eigenvalue weighted by Gasteiger charge is -2.20. The lowest BCUT2D eigenvalue weighted by Crippen LogP contribution is -2.34. The van der Waals surface area contributed by atoms with E-state index >= 15 is 0 Å². The molecule has 0 saturated heterocycles. The first-order chi connectivity index (χ1) is 9.23. The summed E-state index contributed by atoms with van der Waals surface area (Å²) in [4.78, 5) is 20.9. The van der Waals surface area contributed by atoms with Gasteiger partial charge in [-0.1, -0.05) is 0 Å². The van der Waals surface area contributed by atoms with Gasteiger partial charge in [-0.3, -0.25) is 14.9 Å². The maximum Gasteiger partial charge on any atom is 0.270 e. The van der Waals surface area contributed by atoms with Gasteiger partial charge in [-0.15, -0.1) is 0 Å². The number of aliphatic hydroxyl groups excluding tert-OH is 2. The second-order valence-corrected chi connectivity index (χ2v) is 4.47. The molecule has 8 nitrogen and oxygen atoms in total. The maximum absolute atomic E-state index is 10.8. The van der Waals surface area contributed by atoms with Crippen LogP contribution in [-0.4, -0.2) is 33.7 Å².